The Balaban J connectivity index is 1.08. The van der Waals surface area contributed by atoms with E-state index in [-0.39, 0.29) is 16.8 Å². The number of hydrogen-bond acceptors (Lipinski definition) is 2. The summed E-state index contributed by atoms with van der Waals surface area (Å²) < 4.78 is 7.13. The summed E-state index contributed by atoms with van der Waals surface area (Å²) in [5, 5.41) is 3.58. The molecule has 6 fully saturated rings. The van der Waals surface area contributed by atoms with Crippen LogP contribution in [-0.4, -0.2) is 5.97 Å². The Kier molecular flexibility index (Phi) is 2.66. The van der Waals surface area contributed by atoms with E-state index < -0.39 is 5.60 Å². The van der Waals surface area contributed by atoms with Crippen molar-refractivity contribution in [2.45, 2.75) is 62.4 Å². The largest absolute Gasteiger partial charge is 0.454 e. The van der Waals surface area contributed by atoms with Crippen LogP contribution in [0.25, 0.3) is 22.3 Å². The Morgan fingerprint density at radius 3 is 2.66 bits per heavy atom. The second kappa shape index (κ2) is 5.77. The summed E-state index contributed by atoms with van der Waals surface area (Å²) in [5.74, 6) is 9.52. The van der Waals surface area contributed by atoms with Gasteiger partial charge in [0.15, 0.2) is 0 Å². The van der Waals surface area contributed by atoms with Crippen LogP contribution in [0.15, 0.2) is 69.9 Å². The van der Waals surface area contributed by atoms with Gasteiger partial charge in [0.2, 0.25) is 0 Å². The van der Waals surface area contributed by atoms with Gasteiger partial charge in [-0.25, -0.2) is 0 Å². The summed E-state index contributed by atoms with van der Waals surface area (Å²) in [7, 11) is 0. The molecule has 2 nitrogen and oxygen atoms in total. The molecule has 0 heterocycles. The average molecular weight is 643 g/mol. The Morgan fingerprint density at radius 1 is 0.880 bits per heavy atom. The predicted molar refractivity (Wildman–Crippen MR) is 185 cm³/mol. The molecular formula is C48H34O2. The van der Waals surface area contributed by atoms with E-state index in [1.807, 2.05) is 50.1 Å². The zero-order chi connectivity index (χ0) is 31.3. The fraction of sp³-hybridized carbons (Fsp3) is 0.479. The maximum absolute atomic E-state index is 13.6. The van der Waals surface area contributed by atoms with Crippen molar-refractivity contribution in [2.24, 2.45) is 76.4 Å². The van der Waals surface area contributed by atoms with E-state index in [1.165, 1.54) is 24.8 Å². The van der Waals surface area contributed by atoms with E-state index in [2.05, 4.69) is 43.3 Å². The summed E-state index contributed by atoms with van der Waals surface area (Å²) in [6, 6.07) is 9.38. The van der Waals surface area contributed by atoms with Crippen LogP contribution in [0, 0.1) is 76.4 Å². The van der Waals surface area contributed by atoms with Crippen molar-refractivity contribution in [2.75, 3.05) is 0 Å². The standard InChI is InChI=1S/C48H34O2/c1-13-26-18-8-15-7-16-9-19-21-11-23-33-32(21)38-31(19)29(16)37(28(15)26)35-27(13)36-40-30-20(18)10-22(30)34-42-24-12-46(50-14(2)49,25-6-4-3-5-17(24)25)48(42)45(23)47(48,44(34)40)43(33)41(36)39(35)38/h3-6,8-9,18-20,22,24,26,28-31,34,42,44-45H,7,10-12H2,1-2H3/t18-,19?,20?,22?,24+,26?,28?,29?,30?,31?,34?,42?,44?,45?,46+,47?,48-/m0/s1. The topological polar surface area (TPSA) is 26.3 Å². The highest BCUT2D eigenvalue weighted by Crippen LogP contribution is 3.02. The molecule has 2 spiro atoms. The summed E-state index contributed by atoms with van der Waals surface area (Å²) in [6.07, 6.45) is 10.7. The number of carbonyl (C=O) groups excluding carboxylic acids is 1. The number of ether oxygens (including phenoxy) is 1. The van der Waals surface area contributed by atoms with Gasteiger partial charge >= 0.3 is 5.97 Å². The molecule has 2 aromatic rings. The molecule has 6 saturated carbocycles. The number of esters is 1. The molecule has 0 amide bonds. The molecule has 0 aromatic heterocycles. The SMILES string of the molecule is CC(=O)O[C@]12C[C@H](c3ccccc31)C1C3C4CC5C4C4=C6C7=C(C)C8C9C(=C[C@@H]58)CC5=CC8C%10=c%11c%12c(c6c6c%11=C(C%10)C%10C6(C43)[C@@]1%102)C7=C9C5C%128. The fourth-order valence-corrected chi connectivity index (χ4v) is 21.4. The molecule has 0 radical (unpaired) electrons. The number of rotatable bonds is 1. The van der Waals surface area contributed by atoms with Gasteiger partial charge in [0.05, 0.1) is 0 Å². The average Bonchev–Trinajstić information content (AvgIpc) is 3.89. The Morgan fingerprint density at radius 2 is 1.74 bits per heavy atom. The zero-order valence-corrected chi connectivity index (χ0v) is 28.2. The van der Waals surface area contributed by atoms with Gasteiger partial charge in [-0.2, -0.15) is 0 Å². The van der Waals surface area contributed by atoms with Crippen molar-refractivity contribution in [3.05, 3.63) is 114 Å². The van der Waals surface area contributed by atoms with Crippen LogP contribution in [0.1, 0.15) is 84.7 Å². The molecule has 8 bridgehead atoms. The van der Waals surface area contributed by atoms with Crippen LogP contribution in [0.3, 0.4) is 0 Å². The van der Waals surface area contributed by atoms with Gasteiger partial charge in [-0.15, -0.1) is 0 Å². The Labute approximate surface area is 289 Å². The minimum absolute atomic E-state index is 0.0280. The van der Waals surface area contributed by atoms with E-state index in [0.29, 0.717) is 53.3 Å². The minimum Gasteiger partial charge on any atom is -0.454 e. The van der Waals surface area contributed by atoms with Crippen molar-refractivity contribution in [3.8, 4) is 0 Å². The summed E-state index contributed by atoms with van der Waals surface area (Å²) in [6.45, 7) is 4.36. The smallest absolute Gasteiger partial charge is 0.303 e. The highest BCUT2D eigenvalue weighted by Gasteiger charge is 3.02. The first kappa shape index (κ1) is 23.0. The molecule has 0 aliphatic heterocycles. The molecule has 13 unspecified atom stereocenters. The van der Waals surface area contributed by atoms with Crippen LogP contribution in [0.4, 0.5) is 0 Å². The van der Waals surface area contributed by atoms with E-state index in [1.54, 1.807) is 50.8 Å². The van der Waals surface area contributed by atoms with Crippen molar-refractivity contribution in [1.29, 1.82) is 0 Å². The van der Waals surface area contributed by atoms with Crippen LogP contribution in [0.5, 0.6) is 0 Å². The molecular weight excluding hydrogens is 609 g/mol. The lowest BCUT2D eigenvalue weighted by molar-refractivity contribution is -0.168. The Hall–Kier alpha value is -3.65. The maximum Gasteiger partial charge on any atom is 0.303 e. The quantitative estimate of drug-likeness (QED) is 0.256. The maximum atomic E-state index is 13.6. The van der Waals surface area contributed by atoms with E-state index in [0.717, 1.165) is 36.0 Å². The first-order valence-corrected chi connectivity index (χ1v) is 20.4. The monoisotopic (exact) mass is 642 g/mol. The summed E-state index contributed by atoms with van der Waals surface area (Å²) in [4.78, 5) is 13.6. The van der Waals surface area contributed by atoms with Crippen LogP contribution in [-0.2, 0) is 20.5 Å². The van der Waals surface area contributed by atoms with Gasteiger partial charge in [0.25, 0.3) is 0 Å². The molecule has 0 N–H and O–H groups in total. The molecule has 2 aromatic carbocycles. The molecule has 17 aliphatic rings. The third-order valence-electron chi connectivity index (χ3n) is 20.9. The highest BCUT2D eigenvalue weighted by atomic mass is 16.6. The van der Waals surface area contributed by atoms with Crippen molar-refractivity contribution < 1.29 is 9.53 Å². The lowest BCUT2D eigenvalue weighted by Gasteiger charge is -2.54. The van der Waals surface area contributed by atoms with Crippen LogP contribution in [0.2, 0.25) is 0 Å². The molecule has 17 atom stereocenters. The molecule has 17 aliphatic carbocycles. The third kappa shape index (κ3) is 1.48. The van der Waals surface area contributed by atoms with Crippen LogP contribution < -0.4 is 10.4 Å². The molecule has 19 rings (SSSR count). The molecule has 238 valence electrons. The summed E-state index contributed by atoms with van der Waals surface area (Å²) in [5.41, 5.74) is 28.3. The lowest BCUT2D eigenvalue weighted by atomic mass is 9.50. The second-order valence-electron chi connectivity index (χ2n) is 20.7. The zero-order valence-electron chi connectivity index (χ0n) is 28.2. The number of hydrogen-bond donors (Lipinski definition) is 0. The van der Waals surface area contributed by atoms with Crippen molar-refractivity contribution >= 4 is 28.3 Å². The molecule has 50 heavy (non-hydrogen) atoms. The van der Waals surface area contributed by atoms with Crippen molar-refractivity contribution in [3.63, 3.8) is 0 Å². The van der Waals surface area contributed by atoms with Gasteiger partial charge in [-0.05, 0) is 152 Å². The minimum atomic E-state index is -0.484. The first-order chi connectivity index (χ1) is 24.6. The predicted octanol–water partition coefficient (Wildman–Crippen LogP) is 6.70. The normalized spacial score (nSPS) is 55.7. The second-order valence-corrected chi connectivity index (χ2v) is 20.7. The van der Waals surface area contributed by atoms with E-state index in [4.69, 9.17) is 4.74 Å². The first-order valence-electron chi connectivity index (χ1n) is 20.4. The number of fused-ring (bicyclic) bond motifs is 11. The number of carbonyl (C=O) groups is 1. The van der Waals surface area contributed by atoms with Crippen LogP contribution >= 0.6 is 0 Å². The molecule has 2 heteroatoms. The number of benzene rings is 2. The van der Waals surface area contributed by atoms with Crippen molar-refractivity contribution in [1.82, 2.24) is 0 Å². The van der Waals surface area contributed by atoms with Gasteiger partial charge in [-0.3, -0.25) is 4.79 Å². The molecule has 0 saturated heterocycles. The third-order valence-corrected chi connectivity index (χ3v) is 20.9. The highest BCUT2D eigenvalue weighted by molar-refractivity contribution is 6.17. The summed E-state index contributed by atoms with van der Waals surface area (Å²) >= 11 is 0. The Bertz CT molecular complexity index is 2850. The van der Waals surface area contributed by atoms with Gasteiger partial charge < -0.3 is 4.74 Å². The van der Waals surface area contributed by atoms with Gasteiger partial charge in [0.1, 0.15) is 5.60 Å². The fourth-order valence-electron chi connectivity index (χ4n) is 21.4. The number of allylic oxidation sites excluding steroid dienone is 10. The van der Waals surface area contributed by atoms with E-state index in [9.17, 15) is 4.79 Å². The van der Waals surface area contributed by atoms with E-state index >= 15 is 0 Å². The van der Waals surface area contributed by atoms with Gasteiger partial charge in [0, 0.05) is 47.3 Å². The van der Waals surface area contributed by atoms with Gasteiger partial charge in [-0.1, -0.05) is 69.9 Å². The lowest BCUT2D eigenvalue weighted by Crippen LogP contribution is -2.50.